The van der Waals surface area contributed by atoms with Crippen molar-refractivity contribution in [1.29, 1.82) is 0 Å². The second-order valence-electron chi connectivity index (χ2n) is 6.79. The van der Waals surface area contributed by atoms with Crippen LogP contribution >= 0.6 is 11.6 Å². The van der Waals surface area contributed by atoms with Crippen LogP contribution in [0.1, 0.15) is 45.5 Å². The van der Waals surface area contributed by atoms with E-state index in [1.165, 1.54) is 0 Å². The Bertz CT molecular complexity index is 739. The Morgan fingerprint density at radius 3 is 2.88 bits per heavy atom. The van der Waals surface area contributed by atoms with E-state index in [1.807, 2.05) is 32.9 Å². The molecule has 1 amide bonds. The molecule has 1 fully saturated rings. The molecule has 0 radical (unpaired) electrons. The number of hydrogen-bond acceptors (Lipinski definition) is 5. The van der Waals surface area contributed by atoms with Gasteiger partial charge in [-0.1, -0.05) is 17.7 Å². The quantitative estimate of drug-likeness (QED) is 0.800. The Balaban J connectivity index is 1.80. The van der Waals surface area contributed by atoms with Gasteiger partial charge >= 0.3 is 6.09 Å². The first-order valence-corrected chi connectivity index (χ1v) is 8.30. The molecule has 7 heteroatoms. The highest BCUT2D eigenvalue weighted by Gasteiger charge is 2.36. The van der Waals surface area contributed by atoms with Crippen molar-refractivity contribution in [2.45, 2.75) is 45.3 Å². The first kappa shape index (κ1) is 16.8. The van der Waals surface area contributed by atoms with Gasteiger partial charge in [0.15, 0.2) is 0 Å². The highest BCUT2D eigenvalue weighted by Crippen LogP contribution is 2.34. The normalized spacial score (nSPS) is 18.0. The zero-order valence-electron chi connectivity index (χ0n) is 14.0. The summed E-state index contributed by atoms with van der Waals surface area (Å²) in [5.41, 5.74) is 0.216. The summed E-state index contributed by atoms with van der Waals surface area (Å²) in [6.07, 6.45) is 1.29. The van der Waals surface area contributed by atoms with Crippen LogP contribution < -0.4 is 0 Å². The van der Waals surface area contributed by atoms with Crippen LogP contribution in [-0.2, 0) is 4.74 Å². The number of ether oxygens (including phenoxy) is 1. The Labute approximate surface area is 145 Å². The van der Waals surface area contributed by atoms with Crippen LogP contribution in [-0.4, -0.2) is 33.3 Å². The number of carbonyl (C=O) groups is 1. The monoisotopic (exact) mass is 349 g/mol. The zero-order valence-corrected chi connectivity index (χ0v) is 14.7. The van der Waals surface area contributed by atoms with Gasteiger partial charge in [0.25, 0.3) is 0 Å². The molecule has 2 heterocycles. The number of benzene rings is 1. The molecule has 0 bridgehead atoms. The predicted molar refractivity (Wildman–Crippen MR) is 89.7 cm³/mol. The average Bonchev–Trinajstić information content (AvgIpc) is 3.14. The van der Waals surface area contributed by atoms with Gasteiger partial charge in [0.1, 0.15) is 11.6 Å². The van der Waals surface area contributed by atoms with Gasteiger partial charge in [0, 0.05) is 17.1 Å². The maximum Gasteiger partial charge on any atom is 0.410 e. The maximum atomic E-state index is 12.4. The summed E-state index contributed by atoms with van der Waals surface area (Å²) >= 11 is 6.00. The van der Waals surface area contributed by atoms with E-state index in [9.17, 15) is 4.79 Å². The SMILES string of the molecule is CC(C)(C)OC(=O)N1CCCC1c1nnc(-c2cccc(Cl)c2)o1. The van der Waals surface area contributed by atoms with Crippen LogP contribution in [0.4, 0.5) is 4.79 Å². The zero-order chi connectivity index (χ0) is 17.3. The van der Waals surface area contributed by atoms with E-state index in [-0.39, 0.29) is 12.1 Å². The van der Waals surface area contributed by atoms with E-state index in [1.54, 1.807) is 17.0 Å². The van der Waals surface area contributed by atoms with Crippen molar-refractivity contribution in [3.8, 4) is 11.5 Å². The fraction of sp³-hybridized carbons (Fsp3) is 0.471. The van der Waals surface area contributed by atoms with E-state index < -0.39 is 5.60 Å². The van der Waals surface area contributed by atoms with Crippen molar-refractivity contribution in [3.05, 3.63) is 35.2 Å². The topological polar surface area (TPSA) is 68.5 Å². The minimum absolute atomic E-state index is 0.250. The second-order valence-corrected chi connectivity index (χ2v) is 7.22. The number of hydrogen-bond donors (Lipinski definition) is 0. The fourth-order valence-electron chi connectivity index (χ4n) is 2.67. The lowest BCUT2D eigenvalue weighted by Gasteiger charge is -2.27. The molecule has 128 valence electrons. The molecule has 2 aromatic rings. The minimum Gasteiger partial charge on any atom is -0.444 e. The van der Waals surface area contributed by atoms with Crippen LogP contribution in [0.3, 0.4) is 0 Å². The molecule has 6 nitrogen and oxygen atoms in total. The molecule has 1 aliphatic heterocycles. The first-order valence-electron chi connectivity index (χ1n) is 7.92. The number of nitrogens with zero attached hydrogens (tertiary/aromatic N) is 3. The third-order valence-electron chi connectivity index (χ3n) is 3.68. The molecule has 1 unspecified atom stereocenters. The molecular weight excluding hydrogens is 330 g/mol. The Morgan fingerprint density at radius 1 is 1.38 bits per heavy atom. The van der Waals surface area contributed by atoms with Gasteiger partial charge in [-0.3, -0.25) is 4.90 Å². The summed E-state index contributed by atoms with van der Waals surface area (Å²) in [5.74, 6) is 0.817. The van der Waals surface area contributed by atoms with Crippen molar-refractivity contribution in [2.24, 2.45) is 0 Å². The summed E-state index contributed by atoms with van der Waals surface area (Å²) in [6.45, 7) is 6.16. The van der Waals surface area contributed by atoms with Crippen LogP contribution in [0.5, 0.6) is 0 Å². The summed E-state index contributed by atoms with van der Waals surface area (Å²) in [7, 11) is 0. The third kappa shape index (κ3) is 3.70. The van der Waals surface area contributed by atoms with Gasteiger partial charge in [-0.2, -0.15) is 0 Å². The van der Waals surface area contributed by atoms with Gasteiger partial charge in [-0.25, -0.2) is 4.79 Å². The van der Waals surface area contributed by atoms with Gasteiger partial charge in [-0.05, 0) is 51.8 Å². The lowest BCUT2D eigenvalue weighted by atomic mass is 10.2. The van der Waals surface area contributed by atoms with Crippen molar-refractivity contribution in [3.63, 3.8) is 0 Å². The van der Waals surface area contributed by atoms with Crippen molar-refractivity contribution >= 4 is 17.7 Å². The van der Waals surface area contributed by atoms with Crippen LogP contribution in [0.2, 0.25) is 5.02 Å². The summed E-state index contributed by atoms with van der Waals surface area (Å²) in [4.78, 5) is 14.0. The molecule has 1 aromatic carbocycles. The van der Waals surface area contributed by atoms with E-state index in [0.717, 1.165) is 18.4 Å². The number of amides is 1. The molecule has 24 heavy (non-hydrogen) atoms. The van der Waals surface area contributed by atoms with Crippen LogP contribution in [0, 0.1) is 0 Å². The maximum absolute atomic E-state index is 12.4. The van der Waals surface area contributed by atoms with Gasteiger partial charge < -0.3 is 9.15 Å². The van der Waals surface area contributed by atoms with E-state index in [0.29, 0.717) is 23.3 Å². The number of aromatic nitrogens is 2. The average molecular weight is 350 g/mol. The highest BCUT2D eigenvalue weighted by atomic mass is 35.5. The predicted octanol–water partition coefficient (Wildman–Crippen LogP) is 4.46. The molecule has 1 atom stereocenters. The van der Waals surface area contributed by atoms with E-state index in [4.69, 9.17) is 20.8 Å². The summed E-state index contributed by atoms with van der Waals surface area (Å²) in [5, 5.41) is 8.81. The summed E-state index contributed by atoms with van der Waals surface area (Å²) < 4.78 is 11.2. The Morgan fingerprint density at radius 2 is 2.17 bits per heavy atom. The largest absolute Gasteiger partial charge is 0.444 e. The first-order chi connectivity index (χ1) is 11.3. The van der Waals surface area contributed by atoms with Crippen molar-refractivity contribution in [2.75, 3.05) is 6.54 Å². The minimum atomic E-state index is -0.537. The van der Waals surface area contributed by atoms with Crippen molar-refractivity contribution in [1.82, 2.24) is 15.1 Å². The van der Waals surface area contributed by atoms with E-state index >= 15 is 0 Å². The Kier molecular flexibility index (Phi) is 4.49. The van der Waals surface area contributed by atoms with Crippen LogP contribution in [0.15, 0.2) is 28.7 Å². The molecule has 1 aliphatic rings. The second kappa shape index (κ2) is 6.43. The molecule has 3 rings (SSSR count). The van der Waals surface area contributed by atoms with Crippen LogP contribution in [0.25, 0.3) is 11.5 Å². The molecular formula is C17H20ClN3O3. The molecule has 1 aromatic heterocycles. The molecule has 0 saturated carbocycles. The molecule has 0 spiro atoms. The Hall–Kier alpha value is -2.08. The number of carbonyl (C=O) groups excluding carboxylic acids is 1. The highest BCUT2D eigenvalue weighted by molar-refractivity contribution is 6.30. The standard InChI is InChI=1S/C17H20ClN3O3/c1-17(2,3)24-16(22)21-9-5-8-13(21)15-20-19-14(23-15)11-6-4-7-12(18)10-11/h4,6-7,10,13H,5,8-9H2,1-3H3. The van der Waals surface area contributed by atoms with Gasteiger partial charge in [0.2, 0.25) is 11.8 Å². The third-order valence-corrected chi connectivity index (χ3v) is 3.91. The fourth-order valence-corrected chi connectivity index (χ4v) is 2.86. The van der Waals surface area contributed by atoms with E-state index in [2.05, 4.69) is 10.2 Å². The van der Waals surface area contributed by atoms with Gasteiger partial charge in [0.05, 0.1) is 0 Å². The smallest absolute Gasteiger partial charge is 0.410 e. The number of likely N-dealkylation sites (tertiary alicyclic amines) is 1. The van der Waals surface area contributed by atoms with Gasteiger partial charge in [-0.15, -0.1) is 10.2 Å². The molecule has 1 saturated heterocycles. The summed E-state index contributed by atoms with van der Waals surface area (Å²) in [6, 6.07) is 6.97. The molecule has 0 N–H and O–H groups in total. The lowest BCUT2D eigenvalue weighted by Crippen LogP contribution is -2.36. The van der Waals surface area contributed by atoms with Crippen molar-refractivity contribution < 1.29 is 13.9 Å². The number of halogens is 1. The molecule has 0 aliphatic carbocycles. The number of rotatable bonds is 2. The lowest BCUT2D eigenvalue weighted by molar-refractivity contribution is 0.0204.